The van der Waals surface area contributed by atoms with Crippen molar-refractivity contribution in [2.24, 2.45) is 0 Å². The summed E-state index contributed by atoms with van der Waals surface area (Å²) in [5.41, 5.74) is 3.80. The maximum Gasteiger partial charge on any atom is 0.417 e. The number of rotatable bonds is 8. The summed E-state index contributed by atoms with van der Waals surface area (Å²) in [6, 6.07) is 34.6. The molecule has 0 radical (unpaired) electrons. The summed E-state index contributed by atoms with van der Waals surface area (Å²) in [7, 11) is 0. The number of fused-ring (bicyclic) bond motifs is 6. The van der Waals surface area contributed by atoms with Crippen LogP contribution >= 0.6 is 0 Å². The number of hydrogen-bond donors (Lipinski definition) is 0. The molecule has 0 bridgehead atoms. The first-order chi connectivity index (χ1) is 41.0. The molecule has 0 saturated carbocycles. The van der Waals surface area contributed by atoms with Gasteiger partial charge < -0.3 is 9.13 Å². The summed E-state index contributed by atoms with van der Waals surface area (Å²) in [6.45, 7) is 22.7. The van der Waals surface area contributed by atoms with Crippen LogP contribution in [0, 0.1) is 62.0 Å². The lowest BCUT2D eigenvalue weighted by Crippen LogP contribution is -2.12. The highest BCUT2D eigenvalue weighted by molar-refractivity contribution is 6.14. The summed E-state index contributed by atoms with van der Waals surface area (Å²) in [4.78, 5) is 59.0. The van der Waals surface area contributed by atoms with Gasteiger partial charge in [0.25, 0.3) is 0 Å². The van der Waals surface area contributed by atoms with Crippen LogP contribution < -0.4 is 0 Å². The van der Waals surface area contributed by atoms with Gasteiger partial charge in [-0.3, -0.25) is 0 Å². The Labute approximate surface area is 486 Å². The molecule has 21 heteroatoms. The van der Waals surface area contributed by atoms with Gasteiger partial charge in [-0.1, -0.05) is 18.2 Å². The normalized spacial score (nSPS) is 12.1. The van der Waals surface area contributed by atoms with E-state index in [1.807, 2.05) is 81.9 Å². The molecule has 6 aromatic heterocycles. The summed E-state index contributed by atoms with van der Waals surface area (Å²) in [5, 5.41) is 2.97. The molecule has 0 aliphatic carbocycles. The lowest BCUT2D eigenvalue weighted by atomic mass is 9.92. The zero-order chi connectivity index (χ0) is 60.2. The van der Waals surface area contributed by atoms with Gasteiger partial charge in [-0.25, -0.2) is 64.7 Å². The molecule has 13 rings (SSSR count). The Morgan fingerprint density at radius 3 is 0.977 bits per heavy atom. The van der Waals surface area contributed by atoms with E-state index >= 15 is 13.2 Å². The average molecular weight is 1150 g/mol. The van der Waals surface area contributed by atoms with Gasteiger partial charge in [0.1, 0.15) is 46.6 Å². The fourth-order valence-electron chi connectivity index (χ4n) is 11.4. The van der Waals surface area contributed by atoms with Crippen LogP contribution in [0.5, 0.6) is 0 Å². The fraction of sp³-hybridized carbons (Fsp3) is 0.154. The number of nitrogens with zero attached hydrogens (tertiary/aromatic N) is 15. The third kappa shape index (κ3) is 9.73. The smallest absolute Gasteiger partial charge is 0.309 e. The summed E-state index contributed by atoms with van der Waals surface area (Å²) < 4.78 is 92.8. The third-order valence-corrected chi connectivity index (χ3v) is 14.8. The van der Waals surface area contributed by atoms with Gasteiger partial charge in [0.2, 0.25) is 0 Å². The molecular weight excluding hydrogens is 1100 g/mol. The van der Waals surface area contributed by atoms with Crippen LogP contribution in [0.3, 0.4) is 0 Å². The predicted molar refractivity (Wildman–Crippen MR) is 315 cm³/mol. The van der Waals surface area contributed by atoms with Crippen molar-refractivity contribution < 1.29 is 26.3 Å². The fourth-order valence-corrected chi connectivity index (χ4v) is 11.4. The van der Waals surface area contributed by atoms with Gasteiger partial charge >= 0.3 is 12.4 Å². The number of alkyl halides is 6. The first kappa shape index (κ1) is 54.5. The Kier molecular flexibility index (Phi) is 12.8. The van der Waals surface area contributed by atoms with Crippen molar-refractivity contribution in [1.29, 1.82) is 0 Å². The molecule has 0 aliphatic rings. The Bertz CT molecular complexity index is 4760. The third-order valence-electron chi connectivity index (χ3n) is 14.8. The predicted octanol–water partition coefficient (Wildman–Crippen LogP) is 15.7. The Hall–Kier alpha value is -10.8. The van der Waals surface area contributed by atoms with Gasteiger partial charge in [0, 0.05) is 49.4 Å². The highest BCUT2D eigenvalue weighted by atomic mass is 19.4. The van der Waals surface area contributed by atoms with Gasteiger partial charge in [0.15, 0.2) is 29.0 Å². The molecule has 86 heavy (non-hydrogen) atoms. The van der Waals surface area contributed by atoms with E-state index in [9.17, 15) is 13.2 Å². The number of aryl methyl sites for hydroxylation is 8. The summed E-state index contributed by atoms with van der Waals surface area (Å²) in [6.07, 6.45) is -10.3. The Morgan fingerprint density at radius 2 is 0.651 bits per heavy atom. The van der Waals surface area contributed by atoms with Crippen molar-refractivity contribution in [3.05, 3.63) is 197 Å². The lowest BCUT2D eigenvalue weighted by molar-refractivity contribution is -0.142. The molecule has 0 N–H and O–H groups in total. The van der Waals surface area contributed by atoms with E-state index in [-0.39, 0.29) is 17.3 Å². The van der Waals surface area contributed by atoms with Crippen LogP contribution in [0.25, 0.3) is 128 Å². The lowest BCUT2D eigenvalue weighted by Gasteiger charge is -2.21. The quantitative estimate of drug-likeness (QED) is 0.104. The van der Waals surface area contributed by atoms with E-state index in [0.29, 0.717) is 143 Å². The minimum absolute atomic E-state index is 0.0437. The summed E-state index contributed by atoms with van der Waals surface area (Å²) >= 11 is 0. The van der Waals surface area contributed by atoms with E-state index in [2.05, 4.69) is 64.7 Å². The minimum atomic E-state index is -5.21. The molecule has 0 atom stereocenters. The molecule has 0 aliphatic heterocycles. The van der Waals surface area contributed by atoms with Crippen molar-refractivity contribution in [2.45, 2.75) is 67.7 Å². The molecule has 422 valence electrons. The first-order valence-electron chi connectivity index (χ1n) is 27.0. The largest absolute Gasteiger partial charge is 0.417 e. The molecule has 0 saturated heterocycles. The van der Waals surface area contributed by atoms with E-state index in [1.54, 1.807) is 85.7 Å². The highest BCUT2D eigenvalue weighted by Gasteiger charge is 2.39. The number of benzene rings is 7. The van der Waals surface area contributed by atoms with Gasteiger partial charge in [0.05, 0.1) is 51.1 Å². The van der Waals surface area contributed by atoms with Crippen molar-refractivity contribution in [2.75, 3.05) is 0 Å². The monoisotopic (exact) mass is 1150 g/mol. The first-order valence-corrected chi connectivity index (χ1v) is 27.0. The average Bonchev–Trinajstić information content (AvgIpc) is 2.04. The van der Waals surface area contributed by atoms with Crippen LogP contribution in [-0.4, -0.2) is 68.9 Å². The van der Waals surface area contributed by atoms with Gasteiger partial charge in [-0.2, -0.15) is 26.3 Å². The van der Waals surface area contributed by atoms with Crippen LogP contribution in [0.4, 0.5) is 32.0 Å². The maximum absolute atomic E-state index is 15.3. The number of halogens is 6. The molecular formula is C65H45F6N15. The van der Waals surface area contributed by atoms with Gasteiger partial charge in [-0.15, -0.1) is 0 Å². The van der Waals surface area contributed by atoms with E-state index < -0.39 is 29.0 Å². The van der Waals surface area contributed by atoms with Crippen molar-refractivity contribution >= 4 is 49.3 Å². The van der Waals surface area contributed by atoms with Crippen LogP contribution in [0.15, 0.2) is 127 Å². The van der Waals surface area contributed by atoms with Crippen molar-refractivity contribution in [3.63, 3.8) is 0 Å². The zero-order valence-electron chi connectivity index (χ0n) is 47.1. The van der Waals surface area contributed by atoms with E-state index in [0.717, 1.165) is 27.6 Å². The standard InChI is InChI=1S/C65H45F6N15/c1-31-73-32(2)78-60(77-31)40-11-19-55-48(25-40)49-26-41(61-79-33(3)74-34(4)80-61)12-20-56(49)85(55)54-18-10-39(46-17-15-44(64(66,67)68)29-53(46)65(69,70)71)24-47(54)52-30-45(72-9)16-23-59(52)86-57-21-13-42(62-81-35(5)75-36(6)82-62)27-50(57)51-28-43(14-22-58(51)86)63-83-37(7)76-38(8)84-63/h10-30H,1-8H3. The van der Waals surface area contributed by atoms with E-state index in [1.165, 1.54) is 6.07 Å². The van der Waals surface area contributed by atoms with Gasteiger partial charge in [-0.05, 0) is 181 Å². The van der Waals surface area contributed by atoms with Crippen LogP contribution in [0.1, 0.15) is 57.7 Å². The summed E-state index contributed by atoms with van der Waals surface area (Å²) in [5.74, 6) is 5.97. The molecule has 0 unspecified atom stereocenters. The minimum Gasteiger partial charge on any atom is -0.309 e. The molecule has 15 nitrogen and oxygen atoms in total. The molecule has 13 aromatic rings. The zero-order valence-corrected chi connectivity index (χ0v) is 47.1. The topological polar surface area (TPSA) is 169 Å². The van der Waals surface area contributed by atoms with Crippen LogP contribution in [-0.2, 0) is 12.4 Å². The second-order valence-corrected chi connectivity index (χ2v) is 20.9. The molecule has 6 heterocycles. The Morgan fingerprint density at radius 1 is 0.326 bits per heavy atom. The SMILES string of the molecule is [C-]#[N+]c1ccc(-n2c3ccc(-c4nc(C)nc(C)n4)cc3c3cc(-c4nc(C)nc(C)n4)ccc32)c(-c2cc(-c3ccc(C(F)(F)F)cc3C(F)(F)F)ccc2-n2c3ccc(-c4nc(C)nc(C)n4)cc3c3cc(-c4nc(C)nc(C)n4)ccc32)c1. The van der Waals surface area contributed by atoms with Crippen LogP contribution in [0.2, 0.25) is 0 Å². The Balaban J connectivity index is 1.14. The highest BCUT2D eigenvalue weighted by Crippen LogP contribution is 2.47. The molecule has 7 aromatic carbocycles. The maximum atomic E-state index is 15.3. The second kappa shape index (κ2) is 20.3. The molecule has 0 spiro atoms. The van der Waals surface area contributed by atoms with E-state index in [4.69, 9.17) is 6.57 Å². The second-order valence-electron chi connectivity index (χ2n) is 20.9. The number of hydrogen-bond acceptors (Lipinski definition) is 12. The van der Waals surface area contributed by atoms with Crippen molar-refractivity contribution in [1.82, 2.24) is 68.9 Å². The molecule has 0 amide bonds. The molecule has 0 fully saturated rings. The van der Waals surface area contributed by atoms with Crippen molar-refractivity contribution in [3.8, 4) is 79.2 Å². The number of aromatic nitrogens is 14.